The summed E-state index contributed by atoms with van der Waals surface area (Å²) in [4.78, 5) is 26.4. The van der Waals surface area contributed by atoms with Crippen molar-refractivity contribution in [2.45, 2.75) is 12.3 Å². The van der Waals surface area contributed by atoms with E-state index in [4.69, 9.17) is 35.4 Å². The molecule has 156 valence electrons. The van der Waals surface area contributed by atoms with Gasteiger partial charge in [-0.15, -0.1) is 0 Å². The summed E-state index contributed by atoms with van der Waals surface area (Å²) >= 11 is 17.3. The molecule has 0 unspecified atom stereocenters. The highest BCUT2D eigenvalue weighted by molar-refractivity contribution is 7.79. The minimum absolute atomic E-state index is 0.217. The number of aldehydes is 1. The lowest BCUT2D eigenvalue weighted by Crippen LogP contribution is -2.32. The first kappa shape index (κ1) is 22.9. The Balaban J connectivity index is 2.03. The maximum atomic E-state index is 13.5. The number of nitriles is 1. The number of fused-ring (bicyclic) bond motifs is 1. The smallest absolute Gasteiger partial charge is 0.254 e. The number of carbonyl (C=O) groups excluding carboxylic acids is 2. The summed E-state index contributed by atoms with van der Waals surface area (Å²) in [5, 5.41) is 13.2. The molecule has 0 saturated carbocycles. The molecule has 1 atom stereocenters. The van der Waals surface area contributed by atoms with Crippen molar-refractivity contribution in [3.63, 3.8) is 0 Å². The summed E-state index contributed by atoms with van der Waals surface area (Å²) in [6, 6.07) is 16.4. The van der Waals surface area contributed by atoms with Gasteiger partial charge in [0.15, 0.2) is 0 Å². The van der Waals surface area contributed by atoms with Crippen molar-refractivity contribution in [3.8, 4) is 6.07 Å². The van der Waals surface area contributed by atoms with E-state index in [1.807, 2.05) is 24.3 Å². The predicted octanol–water partition coefficient (Wildman–Crippen LogP) is 5.81. The molecule has 3 aromatic carbocycles. The molecule has 31 heavy (non-hydrogen) atoms. The number of likely N-dealkylation sites (N-methyl/N-ethyl adjacent to an activating group) is 1. The number of halogens is 2. The second-order valence-corrected chi connectivity index (χ2v) is 8.17. The van der Waals surface area contributed by atoms with Gasteiger partial charge in [0.2, 0.25) is 0 Å². The molecular weight excluding hydrogens is 451 g/mol. The SMILES string of the molecule is CN(C[C@@H](CC=O)c1ccc(Cl)c(Cl)c1)C(=O)c1c(C=S)c(C#N)cc2ccccc12. The van der Waals surface area contributed by atoms with Gasteiger partial charge in [-0.25, -0.2) is 0 Å². The molecule has 0 radical (unpaired) electrons. The van der Waals surface area contributed by atoms with E-state index in [0.29, 0.717) is 26.7 Å². The zero-order chi connectivity index (χ0) is 22.5. The Labute approximate surface area is 196 Å². The Bertz CT molecular complexity index is 1220. The van der Waals surface area contributed by atoms with Crippen molar-refractivity contribution >= 4 is 63.8 Å². The van der Waals surface area contributed by atoms with E-state index in [9.17, 15) is 14.9 Å². The molecule has 0 fully saturated rings. The zero-order valence-corrected chi connectivity index (χ0v) is 19.0. The van der Waals surface area contributed by atoms with Gasteiger partial charge in [-0.05, 0) is 34.5 Å². The van der Waals surface area contributed by atoms with Crippen molar-refractivity contribution in [1.29, 1.82) is 5.26 Å². The van der Waals surface area contributed by atoms with Crippen LogP contribution in [-0.2, 0) is 4.79 Å². The highest BCUT2D eigenvalue weighted by Gasteiger charge is 2.24. The van der Waals surface area contributed by atoms with Crippen molar-refractivity contribution in [3.05, 3.63) is 80.8 Å². The van der Waals surface area contributed by atoms with Crippen LogP contribution in [0, 0.1) is 11.3 Å². The van der Waals surface area contributed by atoms with Crippen molar-refractivity contribution < 1.29 is 9.59 Å². The van der Waals surface area contributed by atoms with Gasteiger partial charge in [0.1, 0.15) is 6.29 Å². The number of hydrogen-bond acceptors (Lipinski definition) is 4. The summed E-state index contributed by atoms with van der Waals surface area (Å²) < 4.78 is 0. The largest absolute Gasteiger partial charge is 0.341 e. The molecule has 0 aliphatic rings. The molecule has 3 aromatic rings. The Hall–Kier alpha value is -2.78. The number of benzene rings is 3. The first-order valence-electron chi connectivity index (χ1n) is 9.46. The minimum atomic E-state index is -0.277. The molecule has 0 N–H and O–H groups in total. The topological polar surface area (TPSA) is 61.2 Å². The van der Waals surface area contributed by atoms with E-state index < -0.39 is 0 Å². The van der Waals surface area contributed by atoms with Crippen LogP contribution in [0.4, 0.5) is 0 Å². The number of rotatable bonds is 7. The summed E-state index contributed by atoms with van der Waals surface area (Å²) in [5.41, 5.74) is 1.96. The average Bonchev–Trinajstić information content (AvgIpc) is 2.78. The van der Waals surface area contributed by atoms with Crippen molar-refractivity contribution in [2.75, 3.05) is 13.6 Å². The Morgan fingerprint density at radius 3 is 2.58 bits per heavy atom. The molecule has 1 amide bonds. The highest BCUT2D eigenvalue weighted by atomic mass is 35.5. The average molecular weight is 469 g/mol. The zero-order valence-electron chi connectivity index (χ0n) is 16.6. The molecule has 7 heteroatoms. The van der Waals surface area contributed by atoms with Gasteiger partial charge in [-0.2, -0.15) is 5.26 Å². The van der Waals surface area contributed by atoms with Crippen LogP contribution in [0.15, 0.2) is 48.5 Å². The summed E-state index contributed by atoms with van der Waals surface area (Å²) in [6.45, 7) is 0.275. The molecule has 0 bridgehead atoms. The molecular formula is C24H18Cl2N2O2S. The third-order valence-electron chi connectivity index (χ3n) is 5.18. The maximum Gasteiger partial charge on any atom is 0.254 e. The molecule has 0 aliphatic heterocycles. The van der Waals surface area contributed by atoms with Crippen LogP contribution in [0.5, 0.6) is 0 Å². The quantitative estimate of drug-likeness (QED) is 0.324. The highest BCUT2D eigenvalue weighted by Crippen LogP contribution is 2.30. The van der Waals surface area contributed by atoms with Crippen LogP contribution < -0.4 is 0 Å². The second-order valence-electron chi connectivity index (χ2n) is 7.12. The van der Waals surface area contributed by atoms with Crippen LogP contribution in [-0.4, -0.2) is 36.1 Å². The normalized spacial score (nSPS) is 11.5. The predicted molar refractivity (Wildman–Crippen MR) is 128 cm³/mol. The van der Waals surface area contributed by atoms with Crippen LogP contribution >= 0.6 is 35.4 Å². The fourth-order valence-electron chi connectivity index (χ4n) is 3.61. The van der Waals surface area contributed by atoms with E-state index in [2.05, 4.69) is 6.07 Å². The number of thiocarbonyl (C=S) groups is 1. The summed E-state index contributed by atoms with van der Waals surface area (Å²) in [6.07, 6.45) is 1.04. The fraction of sp³-hybridized carbons (Fsp3) is 0.167. The Kier molecular flexibility index (Phi) is 7.40. The summed E-state index contributed by atoms with van der Waals surface area (Å²) in [5.74, 6) is -0.539. The van der Waals surface area contributed by atoms with Crippen LogP contribution in [0.25, 0.3) is 10.8 Å². The van der Waals surface area contributed by atoms with E-state index in [1.54, 1.807) is 36.2 Å². The number of carbonyl (C=O) groups is 2. The lowest BCUT2D eigenvalue weighted by atomic mass is 9.93. The van der Waals surface area contributed by atoms with E-state index in [-0.39, 0.29) is 24.8 Å². The molecule has 0 aromatic heterocycles. The third-order valence-corrected chi connectivity index (χ3v) is 6.15. The van der Waals surface area contributed by atoms with E-state index in [0.717, 1.165) is 22.6 Å². The Morgan fingerprint density at radius 1 is 1.19 bits per heavy atom. The molecule has 0 saturated heterocycles. The van der Waals surface area contributed by atoms with Crippen molar-refractivity contribution in [2.24, 2.45) is 0 Å². The molecule has 0 spiro atoms. The summed E-state index contributed by atoms with van der Waals surface area (Å²) in [7, 11) is 1.67. The van der Waals surface area contributed by atoms with E-state index in [1.165, 1.54) is 5.37 Å². The number of nitrogens with zero attached hydrogens (tertiary/aromatic N) is 2. The number of hydrogen-bond donors (Lipinski definition) is 0. The van der Waals surface area contributed by atoms with Crippen molar-refractivity contribution in [1.82, 2.24) is 4.90 Å². The van der Waals surface area contributed by atoms with Gasteiger partial charge in [0.25, 0.3) is 5.91 Å². The first-order valence-corrected chi connectivity index (χ1v) is 10.7. The van der Waals surface area contributed by atoms with Gasteiger partial charge in [-0.1, -0.05) is 65.8 Å². The molecule has 4 nitrogen and oxygen atoms in total. The monoisotopic (exact) mass is 468 g/mol. The molecule has 0 heterocycles. The molecule has 3 rings (SSSR count). The minimum Gasteiger partial charge on any atom is -0.341 e. The third kappa shape index (κ3) is 4.77. The van der Waals surface area contributed by atoms with Crippen LogP contribution in [0.3, 0.4) is 0 Å². The van der Waals surface area contributed by atoms with Gasteiger partial charge in [0, 0.05) is 36.9 Å². The Morgan fingerprint density at radius 2 is 1.94 bits per heavy atom. The van der Waals surface area contributed by atoms with Gasteiger partial charge < -0.3 is 9.69 Å². The maximum absolute atomic E-state index is 13.5. The molecule has 0 aliphatic carbocycles. The van der Waals surface area contributed by atoms with Gasteiger partial charge in [-0.3, -0.25) is 4.79 Å². The fourth-order valence-corrected chi connectivity index (χ4v) is 4.16. The van der Waals surface area contributed by atoms with Gasteiger partial charge in [0.05, 0.1) is 27.2 Å². The lowest BCUT2D eigenvalue weighted by molar-refractivity contribution is -0.108. The second kappa shape index (κ2) is 10.0. The first-order chi connectivity index (χ1) is 14.9. The lowest BCUT2D eigenvalue weighted by Gasteiger charge is -2.25. The van der Waals surface area contributed by atoms with E-state index >= 15 is 0 Å². The van der Waals surface area contributed by atoms with Gasteiger partial charge >= 0.3 is 0 Å². The van der Waals surface area contributed by atoms with Crippen LogP contribution in [0.1, 0.15) is 39.4 Å². The number of amides is 1. The standard InChI is InChI=1S/C24H18Cl2N2O2S/c1-28(13-17(8-9-29)15-6-7-21(25)22(26)11-15)24(30)23-19-5-3-2-4-16(19)10-18(12-27)20(23)14-31/h2-7,9-11,14,17H,8,13H2,1H3/t17-/m1/s1. The van der Waals surface area contributed by atoms with Crippen LogP contribution in [0.2, 0.25) is 10.0 Å².